The van der Waals surface area contributed by atoms with Gasteiger partial charge in [-0.2, -0.15) is 0 Å². The molecule has 0 aliphatic rings. The van der Waals surface area contributed by atoms with Crippen LogP contribution in [-0.4, -0.2) is 59.7 Å². The highest BCUT2D eigenvalue weighted by Crippen LogP contribution is 2.14. The molecular formula is C32H36N4O5. The third-order valence-electron chi connectivity index (χ3n) is 6.65. The van der Waals surface area contributed by atoms with Gasteiger partial charge in [0.25, 0.3) is 11.8 Å². The van der Waals surface area contributed by atoms with Crippen molar-refractivity contribution in [1.29, 1.82) is 0 Å². The van der Waals surface area contributed by atoms with Crippen molar-refractivity contribution in [3.05, 3.63) is 119 Å². The highest BCUT2D eigenvalue weighted by atomic mass is 16.5. The fraction of sp³-hybridized carbons (Fsp3) is 0.281. The molecule has 0 aliphatic heterocycles. The molecule has 0 saturated heterocycles. The maximum atomic E-state index is 13.3. The van der Waals surface area contributed by atoms with Crippen LogP contribution in [0.5, 0.6) is 5.75 Å². The zero-order chi connectivity index (χ0) is 29.2. The van der Waals surface area contributed by atoms with Gasteiger partial charge in [-0.1, -0.05) is 48.5 Å². The van der Waals surface area contributed by atoms with E-state index in [9.17, 15) is 14.7 Å². The lowest BCUT2D eigenvalue weighted by Gasteiger charge is -2.25. The predicted molar refractivity (Wildman–Crippen MR) is 156 cm³/mol. The van der Waals surface area contributed by atoms with E-state index in [1.54, 1.807) is 38.4 Å². The van der Waals surface area contributed by atoms with Crippen LogP contribution in [0.15, 0.2) is 89.5 Å². The van der Waals surface area contributed by atoms with Crippen LogP contribution in [0.3, 0.4) is 0 Å². The summed E-state index contributed by atoms with van der Waals surface area (Å²) in [6.07, 6.45) is 1.10. The van der Waals surface area contributed by atoms with Crippen LogP contribution in [0.1, 0.15) is 43.4 Å². The number of rotatable bonds is 13. The number of hydrogen-bond donors (Lipinski definition) is 3. The van der Waals surface area contributed by atoms with Crippen molar-refractivity contribution < 1.29 is 23.8 Å². The summed E-state index contributed by atoms with van der Waals surface area (Å²) < 4.78 is 10.6. The molecule has 0 radical (unpaired) electrons. The summed E-state index contributed by atoms with van der Waals surface area (Å²) >= 11 is 0. The number of nitrogens with zero attached hydrogens (tertiary/aromatic N) is 2. The molecule has 214 valence electrons. The van der Waals surface area contributed by atoms with E-state index in [1.807, 2.05) is 61.5 Å². The lowest BCUT2D eigenvalue weighted by molar-refractivity contribution is 0.0772. The third kappa shape index (κ3) is 8.51. The van der Waals surface area contributed by atoms with Gasteiger partial charge in [0.05, 0.1) is 31.5 Å². The van der Waals surface area contributed by atoms with Crippen LogP contribution < -0.4 is 15.4 Å². The molecule has 0 aliphatic carbocycles. The van der Waals surface area contributed by atoms with Crippen LogP contribution in [0.4, 0.5) is 0 Å². The lowest BCUT2D eigenvalue weighted by Crippen LogP contribution is -2.48. The number of hydrogen-bond acceptors (Lipinski definition) is 7. The second kappa shape index (κ2) is 14.2. The molecule has 2 unspecified atom stereocenters. The first-order valence-electron chi connectivity index (χ1n) is 13.5. The Labute approximate surface area is 240 Å². The number of carbonyl (C=O) groups excluding carboxylic acids is 2. The maximum absolute atomic E-state index is 13.3. The molecule has 1 aromatic heterocycles. The fourth-order valence-corrected chi connectivity index (χ4v) is 4.46. The summed E-state index contributed by atoms with van der Waals surface area (Å²) in [5.41, 5.74) is 3.43. The molecule has 3 aromatic carbocycles. The first kappa shape index (κ1) is 29.5. The Hall–Kier alpha value is -4.47. The number of ether oxygens (including phenoxy) is 1. The van der Waals surface area contributed by atoms with Gasteiger partial charge in [0.2, 0.25) is 5.89 Å². The maximum Gasteiger partial charge on any atom is 0.254 e. The van der Waals surface area contributed by atoms with Crippen molar-refractivity contribution in [2.24, 2.45) is 0 Å². The van der Waals surface area contributed by atoms with Gasteiger partial charge < -0.3 is 29.8 Å². The molecule has 9 heteroatoms. The van der Waals surface area contributed by atoms with E-state index in [4.69, 9.17) is 9.15 Å². The smallest absolute Gasteiger partial charge is 0.254 e. The average Bonchev–Trinajstić information content (AvgIpc) is 3.41. The van der Waals surface area contributed by atoms with E-state index in [2.05, 4.69) is 15.6 Å². The Morgan fingerprint density at radius 3 is 2.46 bits per heavy atom. The zero-order valence-electron chi connectivity index (χ0n) is 23.5. The SMILES string of the molecule is COc1cccc(CNCC(O)C(Cc2ccccc2)NC(=O)c2cccc(C(=O)N(C)Cc3nc(C)co3)c2)c1. The average molecular weight is 557 g/mol. The predicted octanol–water partition coefficient (Wildman–Crippen LogP) is 3.76. The second-order valence-corrected chi connectivity index (χ2v) is 9.94. The first-order valence-corrected chi connectivity index (χ1v) is 13.5. The van der Waals surface area contributed by atoms with Crippen molar-refractivity contribution in [2.75, 3.05) is 20.7 Å². The number of amides is 2. The van der Waals surface area contributed by atoms with Gasteiger partial charge in [-0.25, -0.2) is 4.98 Å². The number of oxazole rings is 1. The molecule has 1 heterocycles. The largest absolute Gasteiger partial charge is 0.497 e. The molecule has 0 fully saturated rings. The van der Waals surface area contributed by atoms with Crippen LogP contribution in [0.2, 0.25) is 0 Å². The molecule has 0 spiro atoms. The summed E-state index contributed by atoms with van der Waals surface area (Å²) in [5, 5.41) is 17.4. The Bertz CT molecular complexity index is 1440. The fourth-order valence-electron chi connectivity index (χ4n) is 4.46. The highest BCUT2D eigenvalue weighted by Gasteiger charge is 2.23. The zero-order valence-corrected chi connectivity index (χ0v) is 23.5. The number of nitrogens with one attached hydrogen (secondary N) is 2. The van der Waals surface area contributed by atoms with Gasteiger partial charge >= 0.3 is 0 Å². The second-order valence-electron chi connectivity index (χ2n) is 9.94. The number of aliphatic hydroxyl groups excluding tert-OH is 1. The summed E-state index contributed by atoms with van der Waals surface area (Å²) in [5.74, 6) is 0.556. The Balaban J connectivity index is 1.42. The number of aliphatic hydroxyl groups is 1. The number of carbonyl (C=O) groups is 2. The van der Waals surface area contributed by atoms with Crippen LogP contribution in [0, 0.1) is 6.92 Å². The van der Waals surface area contributed by atoms with Crippen molar-refractivity contribution in [3.8, 4) is 5.75 Å². The topological polar surface area (TPSA) is 117 Å². The summed E-state index contributed by atoms with van der Waals surface area (Å²) in [6, 6.07) is 23.3. The molecule has 3 N–H and O–H groups in total. The number of benzene rings is 3. The molecule has 2 atom stereocenters. The molecule has 41 heavy (non-hydrogen) atoms. The van der Waals surface area contributed by atoms with Crippen LogP contribution in [0.25, 0.3) is 0 Å². The Morgan fingerprint density at radius 2 is 1.73 bits per heavy atom. The number of aromatic nitrogens is 1. The first-order chi connectivity index (χ1) is 19.8. The van der Waals surface area contributed by atoms with Crippen molar-refractivity contribution in [3.63, 3.8) is 0 Å². The van der Waals surface area contributed by atoms with Crippen molar-refractivity contribution in [1.82, 2.24) is 20.5 Å². The van der Waals surface area contributed by atoms with Gasteiger partial charge in [0, 0.05) is 31.3 Å². The molecular weight excluding hydrogens is 520 g/mol. The van der Waals surface area contributed by atoms with E-state index in [1.165, 1.54) is 11.2 Å². The van der Waals surface area contributed by atoms with Gasteiger partial charge in [-0.15, -0.1) is 0 Å². The van der Waals surface area contributed by atoms with E-state index in [0.717, 1.165) is 22.6 Å². The van der Waals surface area contributed by atoms with E-state index in [-0.39, 0.29) is 24.9 Å². The van der Waals surface area contributed by atoms with Gasteiger partial charge in [-0.3, -0.25) is 9.59 Å². The Kier molecular flexibility index (Phi) is 10.3. The van der Waals surface area contributed by atoms with Crippen LogP contribution >= 0.6 is 0 Å². The van der Waals surface area contributed by atoms with E-state index in [0.29, 0.717) is 30.0 Å². The third-order valence-corrected chi connectivity index (χ3v) is 6.65. The standard InChI is InChI=1S/C32H36N4O5/c1-22-21-41-30(34-22)20-36(2)32(39)26-13-8-12-25(17-26)31(38)35-28(16-23-9-5-4-6-10-23)29(37)19-33-18-24-11-7-14-27(15-24)40-3/h4-15,17,21,28-29,33,37H,16,18-20H2,1-3H3,(H,35,38). The summed E-state index contributed by atoms with van der Waals surface area (Å²) in [7, 11) is 3.27. The minimum atomic E-state index is -0.870. The molecule has 4 aromatic rings. The van der Waals surface area contributed by atoms with E-state index >= 15 is 0 Å². The number of aryl methyl sites for hydroxylation is 1. The van der Waals surface area contributed by atoms with Crippen LogP contribution in [-0.2, 0) is 19.5 Å². The summed E-state index contributed by atoms with van der Waals surface area (Å²) in [6.45, 7) is 2.82. The molecule has 9 nitrogen and oxygen atoms in total. The lowest BCUT2D eigenvalue weighted by atomic mass is 10.00. The summed E-state index contributed by atoms with van der Waals surface area (Å²) in [4.78, 5) is 32.1. The van der Waals surface area contributed by atoms with E-state index < -0.39 is 12.1 Å². The minimum absolute atomic E-state index is 0.206. The van der Waals surface area contributed by atoms with Gasteiger partial charge in [-0.05, 0) is 54.8 Å². The van der Waals surface area contributed by atoms with Crippen molar-refractivity contribution >= 4 is 11.8 Å². The minimum Gasteiger partial charge on any atom is -0.497 e. The molecule has 0 bridgehead atoms. The Morgan fingerprint density at radius 1 is 1.00 bits per heavy atom. The number of methoxy groups -OCH3 is 1. The highest BCUT2D eigenvalue weighted by molar-refractivity contribution is 5.99. The quantitative estimate of drug-likeness (QED) is 0.230. The molecule has 0 saturated carbocycles. The van der Waals surface area contributed by atoms with Gasteiger partial charge in [0.15, 0.2) is 0 Å². The van der Waals surface area contributed by atoms with Gasteiger partial charge in [0.1, 0.15) is 12.0 Å². The molecule has 2 amide bonds. The molecule has 4 rings (SSSR count). The normalized spacial score (nSPS) is 12.4. The monoisotopic (exact) mass is 556 g/mol. The van der Waals surface area contributed by atoms with Crippen molar-refractivity contribution in [2.45, 2.75) is 38.6 Å².